The highest BCUT2D eigenvalue weighted by molar-refractivity contribution is 7.17. The van der Waals surface area contributed by atoms with Crippen LogP contribution in [0.5, 0.6) is 0 Å². The van der Waals surface area contributed by atoms with Gasteiger partial charge in [0.05, 0.1) is 9.21 Å². The molecule has 1 atom stereocenters. The number of rotatable bonds is 4. The number of hydrogen-bond donors (Lipinski definition) is 3. The van der Waals surface area contributed by atoms with E-state index in [2.05, 4.69) is 10.6 Å². The first-order valence-electron chi connectivity index (χ1n) is 6.63. The number of benzene rings is 1. The molecule has 2 heterocycles. The molecule has 7 heteroatoms. The highest BCUT2D eigenvalue weighted by Gasteiger charge is 2.46. The van der Waals surface area contributed by atoms with E-state index in [-0.39, 0.29) is 19.0 Å². The Kier molecular flexibility index (Phi) is 3.80. The smallest absolute Gasteiger partial charge is 0.317 e. The number of carbonyl (C=O) groups is 2. The van der Waals surface area contributed by atoms with Crippen LogP contribution < -0.4 is 10.6 Å². The Labute approximate surface area is 135 Å². The van der Waals surface area contributed by atoms with Crippen molar-refractivity contribution >= 4 is 40.5 Å². The van der Waals surface area contributed by atoms with Crippen LogP contribution in [0.4, 0.5) is 5.69 Å². The molecule has 2 aromatic rings. The first-order chi connectivity index (χ1) is 10.5. The SMILES string of the molecule is O=C(NC[C@]1(C(=O)O)CNc2ccccc21)c1ccc(Cl)s1. The summed E-state index contributed by atoms with van der Waals surface area (Å²) in [4.78, 5) is 24.4. The number of hydrogen-bond acceptors (Lipinski definition) is 4. The Morgan fingerprint density at radius 2 is 2.09 bits per heavy atom. The average Bonchev–Trinajstić information content (AvgIpc) is 3.10. The molecular weight excluding hydrogens is 324 g/mol. The molecule has 0 saturated carbocycles. The number of aliphatic carboxylic acids is 1. The predicted octanol–water partition coefficient (Wildman–Crippen LogP) is 2.58. The molecule has 1 aromatic carbocycles. The largest absolute Gasteiger partial charge is 0.480 e. The number of nitrogens with one attached hydrogen (secondary N) is 2. The van der Waals surface area contributed by atoms with E-state index in [1.807, 2.05) is 12.1 Å². The van der Waals surface area contributed by atoms with E-state index >= 15 is 0 Å². The zero-order chi connectivity index (χ0) is 15.7. The molecule has 0 fully saturated rings. The van der Waals surface area contributed by atoms with E-state index in [0.29, 0.717) is 14.8 Å². The van der Waals surface area contributed by atoms with Crippen molar-refractivity contribution < 1.29 is 14.7 Å². The summed E-state index contributed by atoms with van der Waals surface area (Å²) in [5.41, 5.74) is 0.318. The van der Waals surface area contributed by atoms with Gasteiger partial charge in [0, 0.05) is 18.8 Å². The second-order valence-electron chi connectivity index (χ2n) is 5.07. The number of para-hydroxylation sites is 1. The summed E-state index contributed by atoms with van der Waals surface area (Å²) >= 11 is 6.97. The quantitative estimate of drug-likeness (QED) is 0.802. The molecule has 0 unspecified atom stereocenters. The van der Waals surface area contributed by atoms with Crippen LogP contribution in [0.15, 0.2) is 36.4 Å². The van der Waals surface area contributed by atoms with Gasteiger partial charge in [-0.05, 0) is 23.8 Å². The molecule has 1 aliphatic rings. The van der Waals surface area contributed by atoms with E-state index < -0.39 is 11.4 Å². The minimum absolute atomic E-state index is 0.0146. The number of carboxylic acids is 1. The molecule has 1 aliphatic heterocycles. The molecule has 1 aromatic heterocycles. The highest BCUT2D eigenvalue weighted by Crippen LogP contribution is 2.36. The molecule has 114 valence electrons. The summed E-state index contributed by atoms with van der Waals surface area (Å²) in [5, 5.41) is 15.5. The highest BCUT2D eigenvalue weighted by atomic mass is 35.5. The third-order valence-corrected chi connectivity index (χ3v) is 5.01. The molecule has 0 aliphatic carbocycles. The first kappa shape index (κ1) is 14.9. The molecule has 0 bridgehead atoms. The molecule has 3 N–H and O–H groups in total. The van der Waals surface area contributed by atoms with E-state index in [0.717, 1.165) is 17.0 Å². The van der Waals surface area contributed by atoms with Crippen LogP contribution in [-0.4, -0.2) is 30.1 Å². The van der Waals surface area contributed by atoms with Gasteiger partial charge in [-0.1, -0.05) is 29.8 Å². The molecule has 22 heavy (non-hydrogen) atoms. The standard InChI is InChI=1S/C15H13ClN2O3S/c16-12-6-5-11(22-12)13(19)18-8-15(14(20)21)7-17-10-4-2-1-3-9(10)15/h1-6,17H,7-8H2,(H,18,19)(H,20,21)/t15-/m1/s1. The third kappa shape index (κ3) is 2.44. The van der Waals surface area contributed by atoms with E-state index in [1.54, 1.807) is 24.3 Å². The second-order valence-corrected chi connectivity index (χ2v) is 6.79. The fourth-order valence-corrected chi connectivity index (χ4v) is 3.53. The Balaban J connectivity index is 1.82. The van der Waals surface area contributed by atoms with Gasteiger partial charge >= 0.3 is 5.97 Å². The fourth-order valence-electron chi connectivity index (χ4n) is 2.57. The fraction of sp³-hybridized carbons (Fsp3) is 0.200. The zero-order valence-corrected chi connectivity index (χ0v) is 13.0. The lowest BCUT2D eigenvalue weighted by molar-refractivity contribution is -0.142. The van der Waals surface area contributed by atoms with Crippen LogP contribution in [0.25, 0.3) is 0 Å². The lowest BCUT2D eigenvalue weighted by Crippen LogP contribution is -2.48. The van der Waals surface area contributed by atoms with Gasteiger partial charge in [0.25, 0.3) is 5.91 Å². The van der Waals surface area contributed by atoms with Gasteiger partial charge in [0.15, 0.2) is 0 Å². The third-order valence-electron chi connectivity index (χ3n) is 3.78. The number of halogens is 1. The number of anilines is 1. The normalized spacial score (nSPS) is 19.3. The van der Waals surface area contributed by atoms with E-state index in [4.69, 9.17) is 11.6 Å². The minimum atomic E-state index is -1.16. The van der Waals surface area contributed by atoms with Crippen molar-refractivity contribution in [3.63, 3.8) is 0 Å². The van der Waals surface area contributed by atoms with Crippen LogP contribution in [-0.2, 0) is 10.2 Å². The number of thiophene rings is 1. The van der Waals surface area contributed by atoms with Crippen molar-refractivity contribution in [3.05, 3.63) is 51.2 Å². The Morgan fingerprint density at radius 3 is 2.77 bits per heavy atom. The summed E-state index contributed by atoms with van der Waals surface area (Å²) in [6, 6.07) is 10.5. The monoisotopic (exact) mass is 336 g/mol. The lowest BCUT2D eigenvalue weighted by atomic mass is 9.82. The van der Waals surface area contributed by atoms with E-state index in [1.165, 1.54) is 0 Å². The molecule has 0 spiro atoms. The molecule has 0 radical (unpaired) electrons. The van der Waals surface area contributed by atoms with Gasteiger partial charge in [0.2, 0.25) is 0 Å². The maximum absolute atomic E-state index is 12.1. The Hall–Kier alpha value is -2.05. The van der Waals surface area contributed by atoms with Gasteiger partial charge in [-0.2, -0.15) is 0 Å². The molecule has 0 saturated heterocycles. The molecular formula is C15H13ClN2O3S. The predicted molar refractivity (Wildman–Crippen MR) is 85.9 cm³/mol. The maximum atomic E-state index is 12.1. The summed E-state index contributed by atoms with van der Waals surface area (Å²) in [5.74, 6) is -1.28. The molecule has 5 nitrogen and oxygen atoms in total. The maximum Gasteiger partial charge on any atom is 0.317 e. The number of amides is 1. The number of fused-ring (bicyclic) bond motifs is 1. The summed E-state index contributed by atoms with van der Waals surface area (Å²) in [7, 11) is 0. The molecule has 1 amide bonds. The van der Waals surface area contributed by atoms with Crippen molar-refractivity contribution in [1.82, 2.24) is 5.32 Å². The van der Waals surface area contributed by atoms with Crippen molar-refractivity contribution in [2.75, 3.05) is 18.4 Å². The van der Waals surface area contributed by atoms with Gasteiger partial charge in [0.1, 0.15) is 5.41 Å². The van der Waals surface area contributed by atoms with Crippen molar-refractivity contribution in [2.24, 2.45) is 0 Å². The van der Waals surface area contributed by atoms with Crippen LogP contribution in [0.1, 0.15) is 15.2 Å². The Morgan fingerprint density at radius 1 is 1.32 bits per heavy atom. The van der Waals surface area contributed by atoms with Crippen LogP contribution >= 0.6 is 22.9 Å². The first-order valence-corrected chi connectivity index (χ1v) is 7.83. The number of carboxylic acid groups (broad SMARTS) is 1. The minimum Gasteiger partial charge on any atom is -0.480 e. The average molecular weight is 337 g/mol. The van der Waals surface area contributed by atoms with Crippen molar-refractivity contribution in [1.29, 1.82) is 0 Å². The second kappa shape index (κ2) is 5.62. The Bertz CT molecular complexity index is 746. The van der Waals surface area contributed by atoms with Gasteiger partial charge < -0.3 is 15.7 Å². The topological polar surface area (TPSA) is 78.4 Å². The lowest BCUT2D eigenvalue weighted by Gasteiger charge is -2.24. The van der Waals surface area contributed by atoms with E-state index in [9.17, 15) is 14.7 Å². The zero-order valence-electron chi connectivity index (χ0n) is 11.4. The van der Waals surface area contributed by atoms with Gasteiger partial charge in [-0.25, -0.2) is 0 Å². The summed E-state index contributed by atoms with van der Waals surface area (Å²) in [6.45, 7) is 0.258. The van der Waals surface area contributed by atoms with Crippen LogP contribution in [0.2, 0.25) is 4.34 Å². The number of carbonyl (C=O) groups excluding carboxylic acids is 1. The molecule has 3 rings (SSSR count). The summed E-state index contributed by atoms with van der Waals surface area (Å²) < 4.78 is 0.519. The van der Waals surface area contributed by atoms with Crippen LogP contribution in [0.3, 0.4) is 0 Å². The van der Waals surface area contributed by atoms with Crippen molar-refractivity contribution in [2.45, 2.75) is 5.41 Å². The van der Waals surface area contributed by atoms with Gasteiger partial charge in [-0.3, -0.25) is 9.59 Å². The van der Waals surface area contributed by atoms with Gasteiger partial charge in [-0.15, -0.1) is 11.3 Å². The van der Waals surface area contributed by atoms with Crippen LogP contribution in [0, 0.1) is 0 Å². The summed E-state index contributed by atoms with van der Waals surface area (Å²) in [6.07, 6.45) is 0. The van der Waals surface area contributed by atoms with Crippen molar-refractivity contribution in [3.8, 4) is 0 Å².